The number of hydrogen-bond acceptors (Lipinski definition) is 2. The molecule has 0 bridgehead atoms. The Bertz CT molecular complexity index is 472. The van der Waals surface area contributed by atoms with Gasteiger partial charge in [-0.2, -0.15) is 0 Å². The summed E-state index contributed by atoms with van der Waals surface area (Å²) in [5.41, 5.74) is 2.57. The number of allylic oxidation sites excluding steroid dienone is 1. The molecule has 1 aliphatic heterocycles. The Morgan fingerprint density at radius 2 is 2.29 bits per heavy atom. The van der Waals surface area contributed by atoms with E-state index in [-0.39, 0.29) is 0 Å². The molecule has 17 heavy (non-hydrogen) atoms. The van der Waals surface area contributed by atoms with Crippen LogP contribution in [0, 0.1) is 11.8 Å². The van der Waals surface area contributed by atoms with Gasteiger partial charge in [-0.25, -0.2) is 4.98 Å². The molecular weight excluding hydrogens is 300 g/mol. The predicted octanol–water partition coefficient (Wildman–Crippen LogP) is 3.51. The Kier molecular flexibility index (Phi) is 3.24. The molecule has 90 valence electrons. The highest BCUT2D eigenvalue weighted by atomic mass is 79.9. The Labute approximate surface area is 115 Å². The number of aromatic nitrogens is 1. The van der Waals surface area contributed by atoms with E-state index < -0.39 is 0 Å². The molecule has 2 nitrogen and oxygen atoms in total. The highest BCUT2D eigenvalue weighted by Gasteiger charge is 2.29. The number of halogens is 2. The molecule has 1 saturated heterocycles. The molecule has 1 aliphatic carbocycles. The second kappa shape index (κ2) is 4.71. The van der Waals surface area contributed by atoms with Crippen LogP contribution in [0.2, 0.25) is 5.02 Å². The highest BCUT2D eigenvalue weighted by Crippen LogP contribution is 2.36. The average Bonchev–Trinajstić information content (AvgIpc) is 2.79. The fraction of sp³-hybridized carbons (Fsp3) is 0.462. The monoisotopic (exact) mass is 312 g/mol. The van der Waals surface area contributed by atoms with Crippen LogP contribution in [0.1, 0.15) is 18.4 Å². The van der Waals surface area contributed by atoms with Gasteiger partial charge in [-0.3, -0.25) is 0 Å². The first-order valence-corrected chi connectivity index (χ1v) is 7.14. The third-order valence-electron chi connectivity index (χ3n) is 3.76. The zero-order valence-corrected chi connectivity index (χ0v) is 11.8. The molecule has 1 N–H and O–H groups in total. The third-order valence-corrected chi connectivity index (χ3v) is 4.91. The molecule has 3 rings (SSSR count). The number of nitrogens with one attached hydrogen (secondary N) is 1. The standard InChI is InChI=1S/C13H14BrClN2/c14-13-12(15)4-11(7-17-13)8-1-2-9-5-16-6-10(9)3-8/h3-4,7,9-10,16H,1-2,5-6H2/t9-,10+/m0/s1. The third kappa shape index (κ3) is 2.28. The quantitative estimate of drug-likeness (QED) is 0.803. The van der Waals surface area contributed by atoms with Crippen LogP contribution < -0.4 is 5.32 Å². The zero-order chi connectivity index (χ0) is 11.8. The molecule has 1 aromatic rings. The summed E-state index contributed by atoms with van der Waals surface area (Å²) in [4.78, 5) is 4.27. The van der Waals surface area contributed by atoms with Gasteiger partial charge in [0.15, 0.2) is 0 Å². The summed E-state index contributed by atoms with van der Waals surface area (Å²) in [5, 5.41) is 4.15. The summed E-state index contributed by atoms with van der Waals surface area (Å²) in [7, 11) is 0. The SMILES string of the molecule is Clc1cc(C2=C[C@@H]3CNC[C@@H]3CC2)cnc1Br. The minimum Gasteiger partial charge on any atom is -0.316 e. The maximum Gasteiger partial charge on any atom is 0.124 e. The van der Waals surface area contributed by atoms with Gasteiger partial charge < -0.3 is 5.32 Å². The van der Waals surface area contributed by atoms with Crippen molar-refractivity contribution in [1.29, 1.82) is 0 Å². The van der Waals surface area contributed by atoms with E-state index in [0.717, 1.165) is 23.5 Å². The smallest absolute Gasteiger partial charge is 0.124 e. The van der Waals surface area contributed by atoms with E-state index in [1.807, 2.05) is 12.3 Å². The summed E-state index contributed by atoms with van der Waals surface area (Å²) < 4.78 is 0.722. The van der Waals surface area contributed by atoms with E-state index in [1.165, 1.54) is 24.1 Å². The Hall–Kier alpha value is -0.380. The molecule has 0 radical (unpaired) electrons. The van der Waals surface area contributed by atoms with Crippen molar-refractivity contribution in [2.75, 3.05) is 13.1 Å². The minimum absolute atomic E-state index is 0.690. The minimum atomic E-state index is 0.690. The normalized spacial score (nSPS) is 27.8. The van der Waals surface area contributed by atoms with E-state index in [4.69, 9.17) is 11.6 Å². The van der Waals surface area contributed by atoms with Crippen LogP contribution in [0.5, 0.6) is 0 Å². The summed E-state index contributed by atoms with van der Waals surface area (Å²) in [5.74, 6) is 1.53. The van der Waals surface area contributed by atoms with Gasteiger partial charge in [0, 0.05) is 12.7 Å². The number of fused-ring (bicyclic) bond motifs is 1. The van der Waals surface area contributed by atoms with E-state index in [1.54, 1.807) is 0 Å². The first-order chi connectivity index (χ1) is 8.24. The van der Waals surface area contributed by atoms with Crippen molar-refractivity contribution < 1.29 is 0 Å². The van der Waals surface area contributed by atoms with E-state index >= 15 is 0 Å². The second-order valence-corrected chi connectivity index (χ2v) is 5.97. The molecule has 1 fully saturated rings. The largest absolute Gasteiger partial charge is 0.316 e. The number of hydrogen-bond donors (Lipinski definition) is 1. The molecule has 0 saturated carbocycles. The maximum atomic E-state index is 6.10. The average molecular weight is 314 g/mol. The molecular formula is C13H14BrClN2. The van der Waals surface area contributed by atoms with Gasteiger partial charge in [-0.1, -0.05) is 17.7 Å². The van der Waals surface area contributed by atoms with Gasteiger partial charge in [0.2, 0.25) is 0 Å². The van der Waals surface area contributed by atoms with Gasteiger partial charge in [0.25, 0.3) is 0 Å². The molecule has 2 atom stereocenters. The molecule has 0 amide bonds. The van der Waals surface area contributed by atoms with Crippen LogP contribution >= 0.6 is 27.5 Å². The predicted molar refractivity (Wildman–Crippen MR) is 74.0 cm³/mol. The van der Waals surface area contributed by atoms with Gasteiger partial charge >= 0.3 is 0 Å². The molecule has 2 aliphatic rings. The van der Waals surface area contributed by atoms with Gasteiger partial charge in [-0.15, -0.1) is 0 Å². The van der Waals surface area contributed by atoms with Crippen molar-refractivity contribution in [3.05, 3.63) is 33.5 Å². The molecule has 2 heterocycles. The van der Waals surface area contributed by atoms with Crippen LogP contribution in [-0.2, 0) is 0 Å². The van der Waals surface area contributed by atoms with E-state index in [0.29, 0.717) is 10.9 Å². The fourth-order valence-electron chi connectivity index (χ4n) is 2.78. The lowest BCUT2D eigenvalue weighted by Gasteiger charge is -2.23. The summed E-state index contributed by atoms with van der Waals surface area (Å²) in [6, 6.07) is 2.01. The molecule has 1 aromatic heterocycles. The topological polar surface area (TPSA) is 24.9 Å². The lowest BCUT2D eigenvalue weighted by Crippen LogP contribution is -2.15. The molecule has 4 heteroatoms. The first kappa shape index (κ1) is 11.7. The van der Waals surface area contributed by atoms with E-state index in [9.17, 15) is 0 Å². The Morgan fingerprint density at radius 3 is 3.12 bits per heavy atom. The highest BCUT2D eigenvalue weighted by molar-refractivity contribution is 9.10. The first-order valence-electron chi connectivity index (χ1n) is 5.97. The second-order valence-electron chi connectivity index (χ2n) is 4.81. The fourth-order valence-corrected chi connectivity index (χ4v) is 3.17. The van der Waals surface area contributed by atoms with E-state index in [2.05, 4.69) is 32.3 Å². The Balaban J connectivity index is 1.91. The van der Waals surface area contributed by atoms with Crippen LogP contribution in [0.3, 0.4) is 0 Å². The van der Waals surface area contributed by atoms with Crippen molar-refractivity contribution in [3.63, 3.8) is 0 Å². The van der Waals surface area contributed by atoms with Crippen LogP contribution in [0.15, 0.2) is 22.9 Å². The lowest BCUT2D eigenvalue weighted by molar-refractivity contribution is 0.448. The molecule has 0 aromatic carbocycles. The summed E-state index contributed by atoms with van der Waals surface area (Å²) >= 11 is 9.42. The van der Waals surface area contributed by atoms with Crippen LogP contribution in [0.4, 0.5) is 0 Å². The zero-order valence-electron chi connectivity index (χ0n) is 9.42. The molecule has 0 unspecified atom stereocenters. The van der Waals surface area contributed by atoms with Crippen LogP contribution in [0.25, 0.3) is 5.57 Å². The van der Waals surface area contributed by atoms with Gasteiger partial charge in [0.05, 0.1) is 5.02 Å². The number of rotatable bonds is 1. The number of nitrogens with zero attached hydrogens (tertiary/aromatic N) is 1. The Morgan fingerprint density at radius 1 is 1.41 bits per heavy atom. The van der Waals surface area contributed by atoms with Gasteiger partial charge in [-0.05, 0) is 64.4 Å². The maximum absolute atomic E-state index is 6.10. The van der Waals surface area contributed by atoms with Crippen LogP contribution in [-0.4, -0.2) is 18.1 Å². The number of pyridine rings is 1. The van der Waals surface area contributed by atoms with Crippen molar-refractivity contribution in [3.8, 4) is 0 Å². The lowest BCUT2D eigenvalue weighted by atomic mass is 9.81. The summed E-state index contributed by atoms with van der Waals surface area (Å²) in [6.07, 6.45) is 6.74. The van der Waals surface area contributed by atoms with Crippen molar-refractivity contribution in [2.24, 2.45) is 11.8 Å². The van der Waals surface area contributed by atoms with Crippen molar-refractivity contribution in [1.82, 2.24) is 10.3 Å². The molecule has 0 spiro atoms. The van der Waals surface area contributed by atoms with Crippen molar-refractivity contribution in [2.45, 2.75) is 12.8 Å². The van der Waals surface area contributed by atoms with Gasteiger partial charge in [0.1, 0.15) is 4.60 Å². The van der Waals surface area contributed by atoms with Crippen molar-refractivity contribution >= 4 is 33.1 Å². The summed E-state index contributed by atoms with van der Waals surface area (Å²) in [6.45, 7) is 2.29.